The first-order chi connectivity index (χ1) is 31.5. The number of hydrogen-bond acceptors (Lipinski definition) is 4. The molecule has 11 rings (SSSR count). The molecule has 0 saturated carbocycles. The summed E-state index contributed by atoms with van der Waals surface area (Å²) >= 11 is 0. The molecule has 2 heterocycles. The lowest BCUT2D eigenvalue weighted by Crippen LogP contribution is -2.13. The smallest absolute Gasteiger partial charge is 0.139 e. The average molecular weight is 847 g/mol. The molecule has 0 aliphatic heterocycles. The third-order valence-electron chi connectivity index (χ3n) is 13.5. The van der Waals surface area contributed by atoms with Crippen LogP contribution in [0.1, 0.15) is 87.1 Å². The lowest BCUT2D eigenvalue weighted by Gasteiger charge is -2.30. The van der Waals surface area contributed by atoms with Crippen LogP contribution < -0.4 is 9.80 Å². The highest BCUT2D eigenvalue weighted by atomic mass is 16.3. The van der Waals surface area contributed by atoms with Crippen molar-refractivity contribution in [1.82, 2.24) is 0 Å². The Balaban J connectivity index is 1.06. The number of fused-ring (bicyclic) bond motifs is 8. The second kappa shape index (κ2) is 15.7. The summed E-state index contributed by atoms with van der Waals surface area (Å²) < 4.78 is 13.9. The topological polar surface area (TPSA) is 32.8 Å². The van der Waals surface area contributed by atoms with Crippen molar-refractivity contribution in [1.29, 1.82) is 0 Å². The highest BCUT2D eigenvalue weighted by Crippen LogP contribution is 2.47. The highest BCUT2D eigenvalue weighted by Gasteiger charge is 2.25. The summed E-state index contributed by atoms with van der Waals surface area (Å²) in [5.41, 5.74) is 16.8. The van der Waals surface area contributed by atoms with E-state index >= 15 is 0 Å². The van der Waals surface area contributed by atoms with E-state index in [1.54, 1.807) is 0 Å². The third-order valence-corrected chi connectivity index (χ3v) is 13.5. The summed E-state index contributed by atoms with van der Waals surface area (Å²) in [6.07, 6.45) is 0. The van der Waals surface area contributed by atoms with E-state index in [1.165, 1.54) is 61.3 Å². The lowest BCUT2D eigenvalue weighted by atomic mass is 9.93. The molecule has 0 aliphatic rings. The van der Waals surface area contributed by atoms with Crippen LogP contribution in [0.25, 0.3) is 65.4 Å². The van der Waals surface area contributed by atoms with Crippen LogP contribution in [0, 0.1) is 13.8 Å². The first kappa shape index (κ1) is 40.5. The van der Waals surface area contributed by atoms with E-state index in [0.29, 0.717) is 11.8 Å². The summed E-state index contributed by atoms with van der Waals surface area (Å²) in [5.74, 6) is 0.922. The van der Waals surface area contributed by atoms with Crippen molar-refractivity contribution >= 4 is 99.5 Å². The van der Waals surface area contributed by atoms with E-state index in [9.17, 15) is 0 Å². The Morgan fingerprint density at radius 1 is 0.369 bits per heavy atom. The second-order valence-electron chi connectivity index (χ2n) is 18.8. The minimum Gasteiger partial charge on any atom is -0.456 e. The van der Waals surface area contributed by atoms with E-state index in [4.69, 9.17) is 8.83 Å². The van der Waals surface area contributed by atoms with Crippen molar-refractivity contribution in [2.75, 3.05) is 9.80 Å². The maximum atomic E-state index is 7.01. The number of aryl methyl sites for hydroxylation is 2. The van der Waals surface area contributed by atoms with Crippen molar-refractivity contribution in [2.45, 2.75) is 73.1 Å². The second-order valence-corrected chi connectivity index (χ2v) is 18.8. The van der Waals surface area contributed by atoms with E-state index in [0.717, 1.165) is 66.0 Å². The summed E-state index contributed by atoms with van der Waals surface area (Å²) in [6, 6.07) is 59.9. The van der Waals surface area contributed by atoms with Gasteiger partial charge in [-0.15, -0.1) is 0 Å². The number of rotatable bonds is 9. The monoisotopic (exact) mass is 846 g/mol. The molecule has 0 spiro atoms. The Bertz CT molecular complexity index is 3520. The van der Waals surface area contributed by atoms with Crippen LogP contribution in [-0.2, 0) is 0 Å². The van der Waals surface area contributed by atoms with Gasteiger partial charge in [-0.2, -0.15) is 0 Å². The Morgan fingerprint density at radius 2 is 0.831 bits per heavy atom. The molecule has 65 heavy (non-hydrogen) atoms. The normalized spacial score (nSPS) is 12.1. The number of furan rings is 2. The van der Waals surface area contributed by atoms with Crippen LogP contribution in [0.15, 0.2) is 173 Å². The Labute approximate surface area is 381 Å². The van der Waals surface area contributed by atoms with Crippen molar-refractivity contribution in [3.8, 4) is 0 Å². The predicted molar refractivity (Wildman–Crippen MR) is 277 cm³/mol. The van der Waals surface area contributed by atoms with Gasteiger partial charge in [0.1, 0.15) is 22.3 Å². The first-order valence-electron chi connectivity index (χ1n) is 23.2. The number of nitrogens with zero attached hydrogens (tertiary/aromatic N) is 2. The van der Waals surface area contributed by atoms with Crippen LogP contribution >= 0.6 is 0 Å². The van der Waals surface area contributed by atoms with Crippen molar-refractivity contribution in [3.63, 3.8) is 0 Å². The quantitative estimate of drug-likeness (QED) is 0.145. The minimum atomic E-state index is 0.189. The molecule has 0 fully saturated rings. The standard InChI is InChI=1S/C61H54N2O2/c1-36(2)47-19-11-15-23-54(47)62(52-21-13-9-17-39(52)7)45-27-25-41-31-49-50-35-58-60(59(38(5)6)61(50)65-56(49)33-43(41)29-45)51-32-42-26-28-46(30-44(42)34-57(51)64-58)63(53-22-14-10-18-40(53)8)55-24-16-12-20-48(55)37(3)4/h9-38H,1-8H3. The number of anilines is 6. The van der Waals surface area contributed by atoms with Gasteiger partial charge in [0.25, 0.3) is 0 Å². The molecule has 9 aromatic carbocycles. The molecule has 320 valence electrons. The Morgan fingerprint density at radius 3 is 1.32 bits per heavy atom. The molecule has 4 heteroatoms. The van der Waals surface area contributed by atoms with Gasteiger partial charge in [0.15, 0.2) is 0 Å². The SMILES string of the molecule is Cc1ccccc1N(c1ccc2cc3c(cc2c1)oc1c(C(C)C)c2c(cc13)oc1cc3cc(N(c4ccccc4C)c4ccccc4C(C)C)ccc3cc12)c1ccccc1C(C)C. The zero-order chi connectivity index (χ0) is 44.7. The molecule has 0 atom stereocenters. The van der Waals surface area contributed by atoms with Gasteiger partial charge in [-0.05, 0) is 154 Å². The highest BCUT2D eigenvalue weighted by molar-refractivity contribution is 6.20. The average Bonchev–Trinajstić information content (AvgIpc) is 3.84. The minimum absolute atomic E-state index is 0.189. The van der Waals surface area contributed by atoms with Crippen LogP contribution in [0.4, 0.5) is 34.1 Å². The van der Waals surface area contributed by atoms with E-state index in [-0.39, 0.29) is 5.92 Å². The molecule has 0 N–H and O–H groups in total. The van der Waals surface area contributed by atoms with E-state index < -0.39 is 0 Å². The zero-order valence-corrected chi connectivity index (χ0v) is 38.5. The Hall–Kier alpha value is -7.30. The van der Waals surface area contributed by atoms with Gasteiger partial charge in [0, 0.05) is 61.2 Å². The third kappa shape index (κ3) is 6.74. The molecular formula is C61H54N2O2. The fourth-order valence-corrected chi connectivity index (χ4v) is 10.3. The summed E-state index contributed by atoms with van der Waals surface area (Å²) in [5, 5.41) is 9.02. The molecule has 0 amide bonds. The van der Waals surface area contributed by atoms with Crippen molar-refractivity contribution in [3.05, 3.63) is 192 Å². The van der Waals surface area contributed by atoms with Gasteiger partial charge < -0.3 is 18.6 Å². The van der Waals surface area contributed by atoms with Gasteiger partial charge in [0.05, 0.1) is 0 Å². The molecule has 0 unspecified atom stereocenters. The van der Waals surface area contributed by atoms with Gasteiger partial charge in [-0.3, -0.25) is 0 Å². The largest absolute Gasteiger partial charge is 0.456 e. The number of para-hydroxylation sites is 4. The maximum absolute atomic E-state index is 7.01. The molecule has 0 bridgehead atoms. The fraction of sp³-hybridized carbons (Fsp3) is 0.180. The Kier molecular flexibility index (Phi) is 9.80. The van der Waals surface area contributed by atoms with Crippen LogP contribution in [0.5, 0.6) is 0 Å². The number of hydrogen-bond donors (Lipinski definition) is 0. The first-order valence-corrected chi connectivity index (χ1v) is 23.2. The van der Waals surface area contributed by atoms with Crippen LogP contribution in [-0.4, -0.2) is 0 Å². The predicted octanol–water partition coefficient (Wildman–Crippen LogP) is 18.7. The molecule has 4 nitrogen and oxygen atoms in total. The molecule has 0 radical (unpaired) electrons. The summed E-state index contributed by atoms with van der Waals surface area (Å²) in [6.45, 7) is 18.0. The summed E-state index contributed by atoms with van der Waals surface area (Å²) in [4.78, 5) is 4.83. The van der Waals surface area contributed by atoms with Gasteiger partial charge in [-0.25, -0.2) is 0 Å². The number of benzene rings is 9. The van der Waals surface area contributed by atoms with Gasteiger partial charge in [0.2, 0.25) is 0 Å². The van der Waals surface area contributed by atoms with Crippen molar-refractivity contribution < 1.29 is 8.83 Å². The maximum Gasteiger partial charge on any atom is 0.139 e. The lowest BCUT2D eigenvalue weighted by molar-refractivity contribution is 0.655. The molecule has 0 saturated heterocycles. The molecule has 2 aromatic heterocycles. The van der Waals surface area contributed by atoms with Crippen LogP contribution in [0.3, 0.4) is 0 Å². The van der Waals surface area contributed by atoms with Gasteiger partial charge in [-0.1, -0.05) is 126 Å². The van der Waals surface area contributed by atoms with Crippen LogP contribution in [0.2, 0.25) is 0 Å². The summed E-state index contributed by atoms with van der Waals surface area (Å²) in [7, 11) is 0. The molecular weight excluding hydrogens is 793 g/mol. The fourth-order valence-electron chi connectivity index (χ4n) is 10.3. The van der Waals surface area contributed by atoms with E-state index in [2.05, 4.69) is 229 Å². The van der Waals surface area contributed by atoms with E-state index in [1.807, 2.05) is 0 Å². The van der Waals surface area contributed by atoms with Crippen molar-refractivity contribution in [2.24, 2.45) is 0 Å². The molecule has 11 aromatic rings. The molecule has 0 aliphatic carbocycles. The zero-order valence-electron chi connectivity index (χ0n) is 38.5. The van der Waals surface area contributed by atoms with Gasteiger partial charge >= 0.3 is 0 Å².